The van der Waals surface area contributed by atoms with Crippen LogP contribution in [-0.2, 0) is 19.7 Å². The zero-order valence-electron chi connectivity index (χ0n) is 20.8. The number of Topliss-reactive ketones (excluding diaryl/α,β-unsaturated/α-hetero) is 1. The van der Waals surface area contributed by atoms with E-state index in [9.17, 15) is 24.8 Å². The van der Waals surface area contributed by atoms with Crippen LogP contribution in [0.2, 0.25) is 0 Å². The summed E-state index contributed by atoms with van der Waals surface area (Å²) >= 11 is 0. The van der Waals surface area contributed by atoms with Gasteiger partial charge in [0.25, 0.3) is 17.4 Å². The van der Waals surface area contributed by atoms with E-state index in [0.717, 1.165) is 5.56 Å². The standard InChI is InChI=1S/C27H32N2O6/c1-17(2)35-15-7-14-28-23(18-10-12-20(13-11-18)27(3,4)5)22(25(31)26(28)32)24(30)19-8-6-9-21(16-19)29(33)34/h6,8-13,16-17,23,30H,7,14-15H2,1-5H3/t23-/m0/s1. The van der Waals surface area contributed by atoms with Crippen molar-refractivity contribution in [2.45, 2.75) is 58.6 Å². The van der Waals surface area contributed by atoms with E-state index in [1.165, 1.54) is 29.2 Å². The summed E-state index contributed by atoms with van der Waals surface area (Å²) in [7, 11) is 0. The van der Waals surface area contributed by atoms with Crippen LogP contribution in [0.15, 0.2) is 54.1 Å². The van der Waals surface area contributed by atoms with Crippen LogP contribution in [-0.4, -0.2) is 45.9 Å². The molecule has 0 radical (unpaired) electrons. The number of benzene rings is 2. The van der Waals surface area contributed by atoms with Gasteiger partial charge < -0.3 is 14.7 Å². The van der Waals surface area contributed by atoms with Crippen molar-refractivity contribution in [2.24, 2.45) is 0 Å². The summed E-state index contributed by atoms with van der Waals surface area (Å²) in [5.41, 5.74) is 1.48. The van der Waals surface area contributed by atoms with Crippen molar-refractivity contribution < 1.29 is 24.4 Å². The molecule has 1 saturated heterocycles. The van der Waals surface area contributed by atoms with E-state index in [4.69, 9.17) is 4.74 Å². The smallest absolute Gasteiger partial charge is 0.295 e. The highest BCUT2D eigenvalue weighted by atomic mass is 16.6. The summed E-state index contributed by atoms with van der Waals surface area (Å²) < 4.78 is 5.59. The third kappa shape index (κ3) is 5.77. The molecule has 186 valence electrons. The first kappa shape index (κ1) is 26.1. The molecule has 1 N–H and O–H groups in total. The number of hydrogen-bond acceptors (Lipinski definition) is 6. The van der Waals surface area contributed by atoms with E-state index in [0.29, 0.717) is 18.6 Å². The Labute approximate surface area is 205 Å². The molecule has 1 atom stereocenters. The lowest BCUT2D eigenvalue weighted by Crippen LogP contribution is -2.31. The largest absolute Gasteiger partial charge is 0.507 e. The number of carbonyl (C=O) groups excluding carboxylic acids is 2. The number of rotatable bonds is 8. The lowest BCUT2D eigenvalue weighted by Gasteiger charge is -2.26. The number of aliphatic hydroxyl groups is 1. The predicted molar refractivity (Wildman–Crippen MR) is 133 cm³/mol. The molecule has 1 aliphatic heterocycles. The zero-order valence-corrected chi connectivity index (χ0v) is 20.8. The van der Waals surface area contributed by atoms with Gasteiger partial charge in [-0.1, -0.05) is 57.2 Å². The minimum Gasteiger partial charge on any atom is -0.507 e. The van der Waals surface area contributed by atoms with Crippen molar-refractivity contribution in [3.8, 4) is 0 Å². The molecule has 0 aromatic heterocycles. The number of non-ortho nitro benzene ring substituents is 1. The summed E-state index contributed by atoms with van der Waals surface area (Å²) in [5, 5.41) is 22.4. The molecule has 8 nitrogen and oxygen atoms in total. The van der Waals surface area contributed by atoms with Crippen LogP contribution < -0.4 is 0 Å². The maximum atomic E-state index is 13.1. The minimum atomic E-state index is -0.817. The number of likely N-dealkylation sites (tertiary alicyclic amines) is 1. The second-order valence-electron chi connectivity index (χ2n) is 9.95. The Morgan fingerprint density at radius 1 is 1.14 bits per heavy atom. The zero-order chi connectivity index (χ0) is 25.9. The molecule has 1 amide bonds. The molecule has 0 unspecified atom stereocenters. The molecule has 0 aliphatic carbocycles. The Kier molecular flexibility index (Phi) is 7.75. The Bertz CT molecular complexity index is 1150. The molecule has 0 saturated carbocycles. The van der Waals surface area contributed by atoms with Gasteiger partial charge in [0.15, 0.2) is 0 Å². The number of carbonyl (C=O) groups is 2. The molecule has 35 heavy (non-hydrogen) atoms. The lowest BCUT2D eigenvalue weighted by atomic mass is 9.85. The topological polar surface area (TPSA) is 110 Å². The second kappa shape index (κ2) is 10.4. The minimum absolute atomic E-state index is 0.0417. The second-order valence-corrected chi connectivity index (χ2v) is 9.95. The van der Waals surface area contributed by atoms with Crippen molar-refractivity contribution in [1.29, 1.82) is 0 Å². The van der Waals surface area contributed by atoms with Gasteiger partial charge in [-0.15, -0.1) is 0 Å². The third-order valence-electron chi connectivity index (χ3n) is 5.96. The van der Waals surface area contributed by atoms with Crippen LogP contribution in [0, 0.1) is 10.1 Å². The highest BCUT2D eigenvalue weighted by molar-refractivity contribution is 6.46. The normalized spacial score (nSPS) is 17.9. The molecule has 0 spiro atoms. The van der Waals surface area contributed by atoms with Crippen molar-refractivity contribution in [3.63, 3.8) is 0 Å². The quantitative estimate of drug-likeness (QED) is 0.140. The van der Waals surface area contributed by atoms with E-state index in [-0.39, 0.29) is 34.9 Å². The molecule has 1 aliphatic rings. The van der Waals surface area contributed by atoms with E-state index in [1.807, 2.05) is 38.1 Å². The third-order valence-corrected chi connectivity index (χ3v) is 5.96. The fourth-order valence-electron chi connectivity index (χ4n) is 4.10. The van der Waals surface area contributed by atoms with E-state index >= 15 is 0 Å². The van der Waals surface area contributed by atoms with Crippen LogP contribution in [0.1, 0.15) is 63.8 Å². The summed E-state index contributed by atoms with van der Waals surface area (Å²) in [5.74, 6) is -1.96. The van der Waals surface area contributed by atoms with Gasteiger partial charge in [0, 0.05) is 30.8 Å². The monoisotopic (exact) mass is 480 g/mol. The molecule has 8 heteroatoms. The van der Waals surface area contributed by atoms with Crippen LogP contribution in [0.5, 0.6) is 0 Å². The summed E-state index contributed by atoms with van der Waals surface area (Å²) in [4.78, 5) is 38.3. The molecule has 1 fully saturated rings. The Balaban J connectivity index is 2.09. The summed E-state index contributed by atoms with van der Waals surface area (Å²) in [6.45, 7) is 10.8. The van der Waals surface area contributed by atoms with Gasteiger partial charge in [0.05, 0.1) is 22.6 Å². The highest BCUT2D eigenvalue weighted by Crippen LogP contribution is 2.40. The fraction of sp³-hybridized carbons (Fsp3) is 0.407. The summed E-state index contributed by atoms with van der Waals surface area (Å²) in [6, 6.07) is 12.2. The SMILES string of the molecule is CC(C)OCCCN1C(=O)C(=O)C(=C(O)c2cccc([N+](=O)[O-])c2)[C@@H]1c1ccc(C(C)(C)C)cc1. The molecule has 3 rings (SSSR count). The average Bonchev–Trinajstić information content (AvgIpc) is 3.05. The van der Waals surface area contributed by atoms with Gasteiger partial charge in [-0.3, -0.25) is 19.7 Å². The summed E-state index contributed by atoms with van der Waals surface area (Å²) in [6.07, 6.45) is 0.554. The van der Waals surface area contributed by atoms with Crippen molar-refractivity contribution in [2.75, 3.05) is 13.2 Å². The number of nitrogens with zero attached hydrogens (tertiary/aromatic N) is 2. The van der Waals surface area contributed by atoms with Gasteiger partial charge in [0.2, 0.25) is 0 Å². The van der Waals surface area contributed by atoms with Gasteiger partial charge in [-0.2, -0.15) is 0 Å². The number of nitro groups is 1. The van der Waals surface area contributed by atoms with Crippen LogP contribution in [0.3, 0.4) is 0 Å². The molecular formula is C27H32N2O6. The molecule has 2 aromatic carbocycles. The molecule has 2 aromatic rings. The van der Waals surface area contributed by atoms with Gasteiger partial charge in [-0.05, 0) is 36.8 Å². The number of hydrogen-bond donors (Lipinski definition) is 1. The highest BCUT2D eigenvalue weighted by Gasteiger charge is 2.46. The number of nitro benzene ring substituents is 1. The van der Waals surface area contributed by atoms with Gasteiger partial charge in [-0.25, -0.2) is 0 Å². The van der Waals surface area contributed by atoms with Crippen molar-refractivity contribution >= 4 is 23.1 Å². The van der Waals surface area contributed by atoms with Crippen molar-refractivity contribution in [3.05, 3.63) is 80.9 Å². The van der Waals surface area contributed by atoms with Gasteiger partial charge >= 0.3 is 0 Å². The van der Waals surface area contributed by atoms with Crippen LogP contribution in [0.25, 0.3) is 5.76 Å². The van der Waals surface area contributed by atoms with Crippen molar-refractivity contribution in [1.82, 2.24) is 4.90 Å². The maximum Gasteiger partial charge on any atom is 0.295 e. The molecular weight excluding hydrogens is 448 g/mol. The lowest BCUT2D eigenvalue weighted by molar-refractivity contribution is -0.384. The average molecular weight is 481 g/mol. The Morgan fingerprint density at radius 3 is 2.37 bits per heavy atom. The first-order chi connectivity index (χ1) is 16.4. The van der Waals surface area contributed by atoms with Gasteiger partial charge in [0.1, 0.15) is 5.76 Å². The van der Waals surface area contributed by atoms with E-state index < -0.39 is 28.4 Å². The van der Waals surface area contributed by atoms with Crippen LogP contribution in [0.4, 0.5) is 5.69 Å². The predicted octanol–water partition coefficient (Wildman–Crippen LogP) is 5.13. The number of aliphatic hydroxyl groups excluding tert-OH is 1. The molecule has 1 heterocycles. The number of amides is 1. The fourth-order valence-corrected chi connectivity index (χ4v) is 4.10. The first-order valence-corrected chi connectivity index (χ1v) is 11.7. The van der Waals surface area contributed by atoms with Crippen LogP contribution >= 0.6 is 0 Å². The Hall–Kier alpha value is -3.52. The Morgan fingerprint density at radius 2 is 1.80 bits per heavy atom. The number of ketones is 1. The first-order valence-electron chi connectivity index (χ1n) is 11.7. The maximum absolute atomic E-state index is 13.1. The number of ether oxygens (including phenoxy) is 1. The molecule has 0 bridgehead atoms. The van der Waals surface area contributed by atoms with E-state index in [1.54, 1.807) is 0 Å². The van der Waals surface area contributed by atoms with E-state index in [2.05, 4.69) is 20.8 Å².